The molecule has 266 valence electrons. The molecule has 1 saturated heterocycles. The van der Waals surface area contributed by atoms with E-state index in [9.17, 15) is 18.0 Å². The van der Waals surface area contributed by atoms with Crippen LogP contribution in [0.5, 0.6) is 23.0 Å². The van der Waals surface area contributed by atoms with E-state index in [0.717, 1.165) is 54.3 Å². The van der Waals surface area contributed by atoms with Gasteiger partial charge in [-0.2, -0.15) is 4.98 Å². The lowest BCUT2D eigenvalue weighted by Gasteiger charge is -2.32. The monoisotopic (exact) mass is 694 g/mol. The van der Waals surface area contributed by atoms with Gasteiger partial charge in [0.1, 0.15) is 23.9 Å². The second kappa shape index (κ2) is 16.1. The number of ether oxygens (including phenoxy) is 4. The Labute approximate surface area is 289 Å². The predicted molar refractivity (Wildman–Crippen MR) is 184 cm³/mol. The van der Waals surface area contributed by atoms with Crippen molar-refractivity contribution in [2.45, 2.75) is 33.7 Å². The third-order valence-electron chi connectivity index (χ3n) is 8.14. The van der Waals surface area contributed by atoms with Crippen LogP contribution in [-0.2, 0) is 6.54 Å². The van der Waals surface area contributed by atoms with Crippen molar-refractivity contribution < 1.29 is 36.9 Å². The van der Waals surface area contributed by atoms with Gasteiger partial charge in [-0.1, -0.05) is 35.9 Å². The second-order valence-corrected chi connectivity index (χ2v) is 12.1. The normalized spacial score (nSPS) is 13.8. The molecule has 1 aromatic heterocycles. The standard InChI is InChI=1S/C36H41F3N6O5/c1-24-20-25(2)33(26(3)21-24)49-35(46)45(23-27-8-6-7-9-29(27)50-36(37,38)39)32-12-13-40-34(42-32)41-28-10-11-30(31(22-28)47-5)48-19-18-44-16-14-43(4)15-17-44/h6-13,20-22H,14-19,23H2,1-5H3,(H,40,41,42). The quantitative estimate of drug-likeness (QED) is 0.169. The van der Waals surface area contributed by atoms with Gasteiger partial charge < -0.3 is 29.2 Å². The van der Waals surface area contributed by atoms with Gasteiger partial charge in [0.2, 0.25) is 5.95 Å². The molecule has 1 fully saturated rings. The van der Waals surface area contributed by atoms with E-state index in [2.05, 4.69) is 36.9 Å². The van der Waals surface area contributed by atoms with Gasteiger partial charge in [-0.15, -0.1) is 13.2 Å². The third-order valence-corrected chi connectivity index (χ3v) is 8.14. The van der Waals surface area contributed by atoms with Gasteiger partial charge in [-0.3, -0.25) is 9.80 Å². The molecule has 0 saturated carbocycles. The summed E-state index contributed by atoms with van der Waals surface area (Å²) in [6, 6.07) is 16.1. The van der Waals surface area contributed by atoms with E-state index < -0.39 is 18.2 Å². The summed E-state index contributed by atoms with van der Waals surface area (Å²) in [6.45, 7) is 10.5. The number of hydrogen-bond acceptors (Lipinski definition) is 10. The lowest BCUT2D eigenvalue weighted by atomic mass is 10.1. The van der Waals surface area contributed by atoms with Gasteiger partial charge in [-0.25, -0.2) is 9.78 Å². The minimum atomic E-state index is -4.93. The Balaban J connectivity index is 1.37. The van der Waals surface area contributed by atoms with Crippen LogP contribution in [0.4, 0.5) is 35.4 Å². The molecule has 3 aromatic carbocycles. The summed E-state index contributed by atoms with van der Waals surface area (Å²) in [6.07, 6.45) is -4.36. The van der Waals surface area contributed by atoms with Crippen LogP contribution in [0.1, 0.15) is 22.3 Å². The lowest BCUT2D eigenvalue weighted by molar-refractivity contribution is -0.274. The highest BCUT2D eigenvalue weighted by Crippen LogP contribution is 2.33. The fraction of sp³-hybridized carbons (Fsp3) is 0.361. The average molecular weight is 695 g/mol. The highest BCUT2D eigenvalue weighted by atomic mass is 19.4. The Morgan fingerprint density at radius 2 is 1.66 bits per heavy atom. The van der Waals surface area contributed by atoms with E-state index >= 15 is 0 Å². The van der Waals surface area contributed by atoms with E-state index in [1.807, 2.05) is 32.9 Å². The summed E-state index contributed by atoms with van der Waals surface area (Å²) in [5.41, 5.74) is 3.10. The van der Waals surface area contributed by atoms with E-state index in [1.165, 1.54) is 30.5 Å². The summed E-state index contributed by atoms with van der Waals surface area (Å²) >= 11 is 0. The highest BCUT2D eigenvalue weighted by Gasteiger charge is 2.33. The zero-order valence-electron chi connectivity index (χ0n) is 28.7. The number of rotatable bonds is 12. The molecular formula is C36H41F3N6O5. The molecule has 0 radical (unpaired) electrons. The number of methoxy groups -OCH3 is 1. The number of nitrogens with zero attached hydrogens (tertiary/aromatic N) is 5. The molecule has 1 amide bonds. The fourth-order valence-electron chi connectivity index (χ4n) is 5.65. The van der Waals surface area contributed by atoms with Gasteiger partial charge in [-0.05, 0) is 63.2 Å². The predicted octanol–water partition coefficient (Wildman–Crippen LogP) is 6.88. The molecule has 1 aliphatic rings. The molecule has 2 heterocycles. The molecular weight excluding hydrogens is 653 g/mol. The van der Waals surface area contributed by atoms with E-state index in [4.69, 9.17) is 14.2 Å². The van der Waals surface area contributed by atoms with Gasteiger partial charge in [0, 0.05) is 56.2 Å². The van der Waals surface area contributed by atoms with Crippen molar-refractivity contribution in [1.82, 2.24) is 19.8 Å². The van der Waals surface area contributed by atoms with Crippen LogP contribution in [0.15, 0.2) is 66.9 Å². The topological polar surface area (TPSA) is 102 Å². The number of alkyl halides is 3. The zero-order valence-corrected chi connectivity index (χ0v) is 28.7. The molecule has 0 spiro atoms. The molecule has 5 rings (SSSR count). The largest absolute Gasteiger partial charge is 0.573 e. The molecule has 1 aliphatic heterocycles. The summed E-state index contributed by atoms with van der Waals surface area (Å²) in [7, 11) is 3.66. The number of likely N-dealkylation sites (N-methyl/N-ethyl adjacent to an activating group) is 1. The van der Waals surface area contributed by atoms with Crippen LogP contribution in [0, 0.1) is 20.8 Å². The van der Waals surface area contributed by atoms with E-state index in [1.54, 1.807) is 31.4 Å². The lowest BCUT2D eigenvalue weighted by Crippen LogP contribution is -2.45. The molecule has 1 N–H and O–H groups in total. The number of nitrogens with one attached hydrogen (secondary N) is 1. The van der Waals surface area contributed by atoms with Gasteiger partial charge in [0.25, 0.3) is 0 Å². The number of anilines is 3. The number of aryl methyl sites for hydroxylation is 3. The molecule has 0 atom stereocenters. The van der Waals surface area contributed by atoms with Crippen molar-refractivity contribution in [3.05, 3.63) is 89.1 Å². The Morgan fingerprint density at radius 1 is 0.940 bits per heavy atom. The van der Waals surface area contributed by atoms with Crippen LogP contribution in [0.25, 0.3) is 0 Å². The number of halogens is 3. The Kier molecular flexibility index (Phi) is 11.6. The van der Waals surface area contributed by atoms with Crippen molar-refractivity contribution in [1.29, 1.82) is 0 Å². The summed E-state index contributed by atoms with van der Waals surface area (Å²) < 4.78 is 61.5. The zero-order chi connectivity index (χ0) is 35.8. The van der Waals surface area contributed by atoms with Crippen LogP contribution in [0.3, 0.4) is 0 Å². The number of carbonyl (C=O) groups excluding carboxylic acids is 1. The number of para-hydroxylation sites is 1. The molecule has 0 unspecified atom stereocenters. The van der Waals surface area contributed by atoms with Gasteiger partial charge in [0.05, 0.1) is 13.7 Å². The third kappa shape index (κ3) is 9.76. The molecule has 4 aromatic rings. The van der Waals surface area contributed by atoms with Crippen LogP contribution in [-0.4, -0.2) is 85.7 Å². The first-order valence-corrected chi connectivity index (χ1v) is 16.1. The minimum Gasteiger partial charge on any atom is -0.493 e. The van der Waals surface area contributed by atoms with E-state index in [0.29, 0.717) is 29.5 Å². The maximum absolute atomic E-state index is 13.8. The second-order valence-electron chi connectivity index (χ2n) is 12.1. The number of piperazine rings is 1. The molecule has 50 heavy (non-hydrogen) atoms. The van der Waals surface area contributed by atoms with E-state index in [-0.39, 0.29) is 23.9 Å². The number of aromatic nitrogens is 2. The van der Waals surface area contributed by atoms with Crippen molar-refractivity contribution in [2.75, 3.05) is 63.7 Å². The van der Waals surface area contributed by atoms with Gasteiger partial charge in [0.15, 0.2) is 11.5 Å². The Hall–Kier alpha value is -5.08. The van der Waals surface area contributed by atoms with Crippen LogP contribution in [0.2, 0.25) is 0 Å². The number of benzene rings is 3. The molecule has 14 heteroatoms. The maximum atomic E-state index is 13.8. The minimum absolute atomic E-state index is 0.0764. The Morgan fingerprint density at radius 3 is 2.36 bits per heavy atom. The first-order valence-electron chi connectivity index (χ1n) is 16.1. The number of amides is 1. The van der Waals surface area contributed by atoms with Crippen LogP contribution >= 0.6 is 0 Å². The summed E-state index contributed by atoms with van der Waals surface area (Å²) in [4.78, 5) is 28.4. The molecule has 0 bridgehead atoms. The van der Waals surface area contributed by atoms with Crippen molar-refractivity contribution in [3.8, 4) is 23.0 Å². The Bertz CT molecular complexity index is 1760. The summed E-state index contributed by atoms with van der Waals surface area (Å²) in [5, 5.41) is 3.11. The average Bonchev–Trinajstić information content (AvgIpc) is 3.06. The SMILES string of the molecule is COc1cc(Nc2nccc(N(Cc3ccccc3OC(F)(F)F)C(=O)Oc3c(C)cc(C)cc3C)n2)ccc1OCCN1CCN(C)CC1. The maximum Gasteiger partial charge on any atom is 0.573 e. The summed E-state index contributed by atoms with van der Waals surface area (Å²) in [5.74, 6) is 1.17. The van der Waals surface area contributed by atoms with Crippen LogP contribution < -0.4 is 29.2 Å². The van der Waals surface area contributed by atoms with Crippen molar-refractivity contribution in [3.63, 3.8) is 0 Å². The molecule has 11 nitrogen and oxygen atoms in total. The number of carbonyl (C=O) groups is 1. The molecule has 0 aliphatic carbocycles. The first-order chi connectivity index (χ1) is 23.9. The first kappa shape index (κ1) is 36.2. The highest BCUT2D eigenvalue weighted by molar-refractivity contribution is 5.88. The van der Waals surface area contributed by atoms with Gasteiger partial charge >= 0.3 is 12.5 Å². The smallest absolute Gasteiger partial charge is 0.493 e. The van der Waals surface area contributed by atoms with Crippen molar-refractivity contribution in [2.24, 2.45) is 0 Å². The fourth-order valence-corrected chi connectivity index (χ4v) is 5.65. The number of hydrogen-bond donors (Lipinski definition) is 1. The van der Waals surface area contributed by atoms with Crippen molar-refractivity contribution >= 4 is 23.5 Å².